The van der Waals surface area contributed by atoms with Crippen LogP contribution in [0.2, 0.25) is 5.02 Å². The minimum absolute atomic E-state index is 0.184. The lowest BCUT2D eigenvalue weighted by Crippen LogP contribution is -2.38. The molecule has 1 fully saturated rings. The molecule has 1 aromatic rings. The number of aromatic nitrogens is 2. The summed E-state index contributed by atoms with van der Waals surface area (Å²) in [6, 6.07) is 0. The van der Waals surface area contributed by atoms with Crippen LogP contribution in [0, 0.1) is 5.92 Å². The van der Waals surface area contributed by atoms with E-state index in [1.807, 2.05) is 4.68 Å². The number of nitrogens with zero attached hydrogens (tertiary/aromatic N) is 4. The quantitative estimate of drug-likeness (QED) is 0.377. The number of nitrogens with two attached hydrogens (primary N) is 1. The number of piperidine rings is 1. The fourth-order valence-corrected chi connectivity index (χ4v) is 3.18. The number of hydrogen-bond donors (Lipinski definition) is 2. The summed E-state index contributed by atoms with van der Waals surface area (Å²) in [5.74, 6) is 0.531. The Balaban J connectivity index is 2.02. The average molecular weight is 314 g/mol. The predicted octanol–water partition coefficient (Wildman–Crippen LogP) is 2.08. The first-order valence-electron chi connectivity index (χ1n) is 7.54. The second kappa shape index (κ2) is 7.13. The Hall–Kier alpha value is -1.27. The zero-order valence-corrected chi connectivity index (χ0v) is 13.5. The summed E-state index contributed by atoms with van der Waals surface area (Å²) in [5.41, 5.74) is 7.75. The Kier molecular flexibility index (Phi) is 5.47. The van der Waals surface area contributed by atoms with Gasteiger partial charge in [-0.1, -0.05) is 23.7 Å². The molecule has 0 atom stereocenters. The number of hydrogen-bond acceptors (Lipinski definition) is 4. The van der Waals surface area contributed by atoms with Crippen molar-refractivity contribution in [3.8, 4) is 0 Å². The molecule has 3 N–H and O–H groups in total. The number of amidine groups is 1. The molecule has 0 bridgehead atoms. The molecule has 0 aromatic carbocycles. The topological polar surface area (TPSA) is 79.7 Å². The van der Waals surface area contributed by atoms with Crippen molar-refractivity contribution in [1.82, 2.24) is 14.7 Å². The third-order valence-electron chi connectivity index (χ3n) is 4.19. The summed E-state index contributed by atoms with van der Waals surface area (Å²) in [4.78, 5) is 2.36. The van der Waals surface area contributed by atoms with Gasteiger partial charge in [0, 0.05) is 19.0 Å². The van der Waals surface area contributed by atoms with Gasteiger partial charge >= 0.3 is 0 Å². The van der Waals surface area contributed by atoms with E-state index < -0.39 is 0 Å². The fourth-order valence-electron chi connectivity index (χ4n) is 2.85. The maximum absolute atomic E-state index is 8.74. The van der Waals surface area contributed by atoms with Gasteiger partial charge in [0.2, 0.25) is 0 Å². The zero-order chi connectivity index (χ0) is 15.4. The highest BCUT2D eigenvalue weighted by molar-refractivity contribution is 6.31. The molecule has 1 aromatic heterocycles. The standard InChI is InChI=1S/C14H24ClN5O/c1-3-11-13(15)12(20(4-2)17-11)9-19-7-5-10(6-8-19)14(16)18-21/h10,21H,3-9H2,1-2H3,(H2,16,18). The van der Waals surface area contributed by atoms with E-state index in [0.717, 1.165) is 61.9 Å². The molecule has 21 heavy (non-hydrogen) atoms. The van der Waals surface area contributed by atoms with E-state index in [2.05, 4.69) is 29.0 Å². The number of rotatable bonds is 5. The van der Waals surface area contributed by atoms with Crippen LogP contribution in [0.3, 0.4) is 0 Å². The molecule has 6 nitrogen and oxygen atoms in total. The second-order valence-electron chi connectivity index (χ2n) is 5.45. The van der Waals surface area contributed by atoms with Crippen molar-refractivity contribution in [1.29, 1.82) is 0 Å². The van der Waals surface area contributed by atoms with Gasteiger partial charge in [-0.3, -0.25) is 9.58 Å². The molecule has 0 radical (unpaired) electrons. The zero-order valence-electron chi connectivity index (χ0n) is 12.7. The Morgan fingerprint density at radius 2 is 2.10 bits per heavy atom. The van der Waals surface area contributed by atoms with Gasteiger partial charge in [-0.25, -0.2) is 0 Å². The third kappa shape index (κ3) is 3.49. The SMILES string of the molecule is CCc1nn(CC)c(CN2CCC(C(N)=NO)CC2)c1Cl. The molecule has 0 spiro atoms. The fraction of sp³-hybridized carbons (Fsp3) is 0.714. The molecule has 0 unspecified atom stereocenters. The first-order valence-corrected chi connectivity index (χ1v) is 7.92. The van der Waals surface area contributed by atoms with Crippen molar-refractivity contribution in [3.63, 3.8) is 0 Å². The summed E-state index contributed by atoms with van der Waals surface area (Å²) in [6.07, 6.45) is 2.67. The van der Waals surface area contributed by atoms with E-state index in [1.165, 1.54) is 0 Å². The Bertz CT molecular complexity index is 506. The molecule has 7 heteroatoms. The minimum Gasteiger partial charge on any atom is -0.409 e. The molecule has 0 amide bonds. The number of halogens is 1. The van der Waals surface area contributed by atoms with Crippen LogP contribution in [-0.2, 0) is 19.5 Å². The van der Waals surface area contributed by atoms with Crippen molar-refractivity contribution in [3.05, 3.63) is 16.4 Å². The number of oxime groups is 1. The largest absolute Gasteiger partial charge is 0.409 e. The van der Waals surface area contributed by atoms with Crippen LogP contribution in [-0.4, -0.2) is 38.8 Å². The number of aryl methyl sites for hydroxylation is 2. The van der Waals surface area contributed by atoms with Crippen LogP contribution in [0.15, 0.2) is 5.16 Å². The van der Waals surface area contributed by atoms with Crippen LogP contribution >= 0.6 is 11.6 Å². The smallest absolute Gasteiger partial charge is 0.142 e. The van der Waals surface area contributed by atoms with Crippen molar-refractivity contribution >= 4 is 17.4 Å². The van der Waals surface area contributed by atoms with Crippen molar-refractivity contribution in [2.24, 2.45) is 16.8 Å². The maximum Gasteiger partial charge on any atom is 0.142 e. The summed E-state index contributed by atoms with van der Waals surface area (Å²) in [6.45, 7) is 7.64. The predicted molar refractivity (Wildman–Crippen MR) is 83.7 cm³/mol. The maximum atomic E-state index is 8.74. The number of likely N-dealkylation sites (tertiary alicyclic amines) is 1. The second-order valence-corrected chi connectivity index (χ2v) is 5.83. The van der Waals surface area contributed by atoms with Gasteiger partial charge < -0.3 is 10.9 Å². The summed E-state index contributed by atoms with van der Waals surface area (Å²) < 4.78 is 2.00. The van der Waals surface area contributed by atoms with Crippen LogP contribution < -0.4 is 5.73 Å². The van der Waals surface area contributed by atoms with Crippen LogP contribution in [0.25, 0.3) is 0 Å². The molecule has 0 aliphatic carbocycles. The van der Waals surface area contributed by atoms with Crippen molar-refractivity contribution in [2.75, 3.05) is 13.1 Å². The van der Waals surface area contributed by atoms with Crippen molar-refractivity contribution in [2.45, 2.75) is 46.2 Å². The van der Waals surface area contributed by atoms with Crippen LogP contribution in [0.5, 0.6) is 0 Å². The summed E-state index contributed by atoms with van der Waals surface area (Å²) >= 11 is 6.45. The van der Waals surface area contributed by atoms with Crippen LogP contribution in [0.1, 0.15) is 38.1 Å². The lowest BCUT2D eigenvalue weighted by molar-refractivity contribution is 0.194. The monoisotopic (exact) mass is 313 g/mol. The highest BCUT2D eigenvalue weighted by atomic mass is 35.5. The van der Waals surface area contributed by atoms with Gasteiger partial charge in [0.15, 0.2) is 0 Å². The first kappa shape index (κ1) is 16.1. The van der Waals surface area contributed by atoms with E-state index in [-0.39, 0.29) is 5.92 Å². The van der Waals surface area contributed by atoms with Crippen molar-refractivity contribution < 1.29 is 5.21 Å². The molecular weight excluding hydrogens is 290 g/mol. The molecule has 1 aliphatic rings. The molecule has 118 valence electrons. The van der Waals surface area contributed by atoms with Gasteiger partial charge in [0.25, 0.3) is 0 Å². The van der Waals surface area contributed by atoms with E-state index >= 15 is 0 Å². The van der Waals surface area contributed by atoms with Gasteiger partial charge in [-0.2, -0.15) is 5.10 Å². The molecule has 1 saturated heterocycles. The molecule has 0 saturated carbocycles. The molecular formula is C14H24ClN5O. The summed E-state index contributed by atoms with van der Waals surface area (Å²) in [5, 5.41) is 17.2. The normalized spacial score (nSPS) is 18.3. The van der Waals surface area contributed by atoms with E-state index in [1.54, 1.807) is 0 Å². The Morgan fingerprint density at radius 3 is 2.62 bits per heavy atom. The van der Waals surface area contributed by atoms with Crippen LogP contribution in [0.4, 0.5) is 0 Å². The Labute approximate surface area is 130 Å². The van der Waals surface area contributed by atoms with E-state index in [9.17, 15) is 0 Å². The van der Waals surface area contributed by atoms with Gasteiger partial charge in [-0.05, 0) is 39.3 Å². The third-order valence-corrected chi connectivity index (χ3v) is 4.63. The van der Waals surface area contributed by atoms with Gasteiger partial charge in [0.1, 0.15) is 5.84 Å². The van der Waals surface area contributed by atoms with Gasteiger partial charge in [-0.15, -0.1) is 0 Å². The molecule has 2 heterocycles. The molecule has 1 aliphatic heterocycles. The molecule has 2 rings (SSSR count). The average Bonchev–Trinajstić information content (AvgIpc) is 2.83. The Morgan fingerprint density at radius 1 is 1.43 bits per heavy atom. The van der Waals surface area contributed by atoms with E-state index in [0.29, 0.717) is 5.84 Å². The lowest BCUT2D eigenvalue weighted by Gasteiger charge is -2.31. The summed E-state index contributed by atoms with van der Waals surface area (Å²) in [7, 11) is 0. The first-order chi connectivity index (χ1) is 10.1. The highest BCUT2D eigenvalue weighted by Crippen LogP contribution is 2.25. The lowest BCUT2D eigenvalue weighted by atomic mass is 9.96. The highest BCUT2D eigenvalue weighted by Gasteiger charge is 2.24. The van der Waals surface area contributed by atoms with Gasteiger partial charge in [0.05, 0.1) is 16.4 Å². The minimum atomic E-state index is 0.184. The van der Waals surface area contributed by atoms with E-state index in [4.69, 9.17) is 22.5 Å².